The van der Waals surface area contributed by atoms with Crippen LogP contribution >= 0.6 is 0 Å². The molecule has 0 spiro atoms. The Labute approximate surface area is 194 Å². The summed E-state index contributed by atoms with van der Waals surface area (Å²) in [6.07, 6.45) is 4.95. The van der Waals surface area contributed by atoms with Crippen molar-refractivity contribution in [2.75, 3.05) is 35.2 Å². The Balaban J connectivity index is 1.41. The molecule has 0 radical (unpaired) electrons. The van der Waals surface area contributed by atoms with Gasteiger partial charge in [-0.05, 0) is 61.6 Å². The smallest absolute Gasteiger partial charge is 0.254 e. The monoisotopic (exact) mass is 445 g/mol. The number of piperidine rings is 1. The number of nitrogens with one attached hydrogen (secondary N) is 2. The van der Waals surface area contributed by atoms with E-state index in [-0.39, 0.29) is 5.56 Å². The summed E-state index contributed by atoms with van der Waals surface area (Å²) in [5.41, 5.74) is 14.6. The second-order valence-electron chi connectivity index (χ2n) is 8.34. The second kappa shape index (κ2) is 10.8. The van der Waals surface area contributed by atoms with E-state index in [1.807, 2.05) is 42.5 Å². The number of amides is 1. The largest absolute Gasteiger partial charge is 0.372 e. The number of primary amides is 1. The van der Waals surface area contributed by atoms with E-state index in [2.05, 4.69) is 37.6 Å². The van der Waals surface area contributed by atoms with E-state index in [0.29, 0.717) is 18.3 Å². The van der Waals surface area contributed by atoms with E-state index >= 15 is 0 Å². The zero-order valence-electron chi connectivity index (χ0n) is 18.7. The molecule has 3 aromatic rings. The number of anilines is 4. The SMILES string of the molecule is NCCC1CCN(c2ccc(Nc3ncc(C(N)=O)c(NCc4ccccc4)n3)cc2)CC1. The highest BCUT2D eigenvalue weighted by Crippen LogP contribution is 2.26. The Morgan fingerprint density at radius 3 is 2.45 bits per heavy atom. The maximum atomic E-state index is 11.8. The van der Waals surface area contributed by atoms with Crippen molar-refractivity contribution < 1.29 is 4.79 Å². The van der Waals surface area contributed by atoms with Gasteiger partial charge >= 0.3 is 0 Å². The fourth-order valence-electron chi connectivity index (χ4n) is 4.14. The third kappa shape index (κ3) is 5.98. The summed E-state index contributed by atoms with van der Waals surface area (Å²) >= 11 is 0. The van der Waals surface area contributed by atoms with Crippen molar-refractivity contribution in [3.63, 3.8) is 0 Å². The summed E-state index contributed by atoms with van der Waals surface area (Å²) in [6.45, 7) is 3.42. The predicted octanol–water partition coefficient (Wildman–Crippen LogP) is 3.50. The minimum atomic E-state index is -0.573. The van der Waals surface area contributed by atoms with Crippen LogP contribution in [-0.2, 0) is 6.54 Å². The van der Waals surface area contributed by atoms with Crippen molar-refractivity contribution in [3.8, 4) is 0 Å². The van der Waals surface area contributed by atoms with Crippen LogP contribution in [0.5, 0.6) is 0 Å². The molecule has 1 fully saturated rings. The molecule has 172 valence electrons. The highest BCUT2D eigenvalue weighted by atomic mass is 16.1. The molecule has 0 unspecified atom stereocenters. The molecule has 1 aliphatic heterocycles. The summed E-state index contributed by atoms with van der Waals surface area (Å²) in [5, 5.41) is 6.41. The zero-order valence-corrected chi connectivity index (χ0v) is 18.7. The first kappa shape index (κ1) is 22.5. The van der Waals surface area contributed by atoms with Crippen LogP contribution in [0.2, 0.25) is 0 Å². The first-order valence-corrected chi connectivity index (χ1v) is 11.4. The van der Waals surface area contributed by atoms with E-state index in [1.165, 1.54) is 24.7 Å². The van der Waals surface area contributed by atoms with E-state index < -0.39 is 5.91 Å². The van der Waals surface area contributed by atoms with Gasteiger partial charge in [-0.1, -0.05) is 30.3 Å². The minimum Gasteiger partial charge on any atom is -0.372 e. The summed E-state index contributed by atoms with van der Waals surface area (Å²) in [5.74, 6) is 0.973. The van der Waals surface area contributed by atoms with Gasteiger partial charge < -0.3 is 27.0 Å². The molecule has 1 aliphatic rings. The van der Waals surface area contributed by atoms with Gasteiger partial charge in [-0.25, -0.2) is 4.98 Å². The molecule has 0 atom stereocenters. The van der Waals surface area contributed by atoms with Crippen LogP contribution in [0.15, 0.2) is 60.8 Å². The van der Waals surface area contributed by atoms with Gasteiger partial charge in [0.15, 0.2) is 0 Å². The van der Waals surface area contributed by atoms with Crippen LogP contribution in [0, 0.1) is 5.92 Å². The highest BCUT2D eigenvalue weighted by Gasteiger charge is 2.19. The zero-order chi connectivity index (χ0) is 23.0. The number of carbonyl (C=O) groups excluding carboxylic acids is 1. The van der Waals surface area contributed by atoms with Crippen LogP contribution < -0.4 is 27.0 Å². The average molecular weight is 446 g/mol. The Hall–Kier alpha value is -3.65. The number of rotatable bonds is 9. The number of hydrogen-bond acceptors (Lipinski definition) is 7. The summed E-state index contributed by atoms with van der Waals surface area (Å²) in [7, 11) is 0. The first-order chi connectivity index (χ1) is 16.1. The van der Waals surface area contributed by atoms with Crippen LogP contribution in [0.25, 0.3) is 0 Å². The normalized spacial score (nSPS) is 14.2. The molecule has 0 aliphatic carbocycles. The average Bonchev–Trinajstić information content (AvgIpc) is 2.84. The fourth-order valence-corrected chi connectivity index (χ4v) is 4.14. The summed E-state index contributed by atoms with van der Waals surface area (Å²) < 4.78 is 0. The highest BCUT2D eigenvalue weighted by molar-refractivity contribution is 5.97. The van der Waals surface area contributed by atoms with Crippen molar-refractivity contribution in [1.82, 2.24) is 9.97 Å². The standard InChI is InChI=1S/C25H31N7O/c26-13-10-18-11-14-32(15-12-18)21-8-6-20(7-9-21)30-25-29-17-22(23(27)33)24(31-25)28-16-19-4-2-1-3-5-19/h1-9,17-18H,10-16,26H2,(H2,27,33)(H2,28,29,30,31). The molecule has 2 aromatic carbocycles. The maximum absolute atomic E-state index is 11.8. The van der Waals surface area contributed by atoms with Gasteiger partial charge in [-0.3, -0.25) is 4.79 Å². The van der Waals surface area contributed by atoms with Crippen LogP contribution in [-0.4, -0.2) is 35.5 Å². The molecule has 0 saturated carbocycles. The lowest BCUT2D eigenvalue weighted by Gasteiger charge is -2.33. The summed E-state index contributed by atoms with van der Waals surface area (Å²) in [6, 6.07) is 18.1. The lowest BCUT2D eigenvalue weighted by molar-refractivity contribution is 0.100. The van der Waals surface area contributed by atoms with E-state index in [0.717, 1.165) is 43.2 Å². The van der Waals surface area contributed by atoms with Crippen molar-refractivity contribution in [2.24, 2.45) is 17.4 Å². The van der Waals surface area contributed by atoms with Crippen molar-refractivity contribution in [1.29, 1.82) is 0 Å². The number of aromatic nitrogens is 2. The molecule has 2 heterocycles. The van der Waals surface area contributed by atoms with Crippen LogP contribution in [0.3, 0.4) is 0 Å². The Morgan fingerprint density at radius 2 is 1.79 bits per heavy atom. The molecule has 0 bridgehead atoms. The topological polar surface area (TPSA) is 122 Å². The second-order valence-corrected chi connectivity index (χ2v) is 8.34. The summed E-state index contributed by atoms with van der Waals surface area (Å²) in [4.78, 5) is 23.0. The van der Waals surface area contributed by atoms with E-state index in [4.69, 9.17) is 11.5 Å². The Kier molecular flexibility index (Phi) is 7.36. The molecular weight excluding hydrogens is 414 g/mol. The molecule has 8 nitrogen and oxygen atoms in total. The molecule has 4 rings (SSSR count). The quantitative estimate of drug-likeness (QED) is 0.398. The lowest BCUT2D eigenvalue weighted by Crippen LogP contribution is -2.34. The van der Waals surface area contributed by atoms with E-state index in [9.17, 15) is 4.79 Å². The molecule has 6 N–H and O–H groups in total. The number of carbonyl (C=O) groups is 1. The van der Waals surface area contributed by atoms with Gasteiger partial charge in [0, 0.05) is 37.2 Å². The number of nitrogens with two attached hydrogens (primary N) is 2. The Bertz CT molecular complexity index is 1050. The maximum Gasteiger partial charge on any atom is 0.254 e. The Morgan fingerprint density at radius 1 is 1.06 bits per heavy atom. The predicted molar refractivity (Wildman–Crippen MR) is 133 cm³/mol. The molecule has 33 heavy (non-hydrogen) atoms. The van der Waals surface area contributed by atoms with Crippen molar-refractivity contribution in [3.05, 3.63) is 71.9 Å². The number of nitrogens with zero attached hydrogens (tertiary/aromatic N) is 3. The molecule has 1 aromatic heterocycles. The van der Waals surface area contributed by atoms with Crippen LogP contribution in [0.1, 0.15) is 35.2 Å². The minimum absolute atomic E-state index is 0.255. The van der Waals surface area contributed by atoms with Gasteiger partial charge in [0.1, 0.15) is 5.82 Å². The molecule has 1 saturated heterocycles. The van der Waals surface area contributed by atoms with Gasteiger partial charge in [-0.2, -0.15) is 4.98 Å². The number of hydrogen-bond donors (Lipinski definition) is 4. The lowest BCUT2D eigenvalue weighted by atomic mass is 9.93. The molecular formula is C25H31N7O. The van der Waals surface area contributed by atoms with Crippen molar-refractivity contribution >= 4 is 29.0 Å². The number of benzene rings is 2. The van der Waals surface area contributed by atoms with Gasteiger partial charge in [0.2, 0.25) is 5.95 Å². The van der Waals surface area contributed by atoms with Gasteiger partial charge in [-0.15, -0.1) is 0 Å². The fraction of sp³-hybridized carbons (Fsp3) is 0.320. The van der Waals surface area contributed by atoms with Gasteiger partial charge in [0.25, 0.3) is 5.91 Å². The third-order valence-electron chi connectivity index (χ3n) is 6.04. The van der Waals surface area contributed by atoms with E-state index in [1.54, 1.807) is 0 Å². The molecule has 1 amide bonds. The first-order valence-electron chi connectivity index (χ1n) is 11.4. The van der Waals surface area contributed by atoms with Crippen molar-refractivity contribution in [2.45, 2.75) is 25.8 Å². The third-order valence-corrected chi connectivity index (χ3v) is 6.04. The molecule has 8 heteroatoms. The van der Waals surface area contributed by atoms with Gasteiger partial charge in [0.05, 0.1) is 5.56 Å². The van der Waals surface area contributed by atoms with Crippen LogP contribution in [0.4, 0.5) is 23.1 Å².